The van der Waals surface area contributed by atoms with Crippen molar-refractivity contribution >= 4 is 11.9 Å². The molecule has 1 amide bonds. The van der Waals surface area contributed by atoms with Crippen molar-refractivity contribution < 1.29 is 4.79 Å². The molecule has 0 bridgehead atoms. The highest BCUT2D eigenvalue weighted by Gasteiger charge is 2.20. The summed E-state index contributed by atoms with van der Waals surface area (Å²) in [5.74, 6) is 0.442. The van der Waals surface area contributed by atoms with Crippen LogP contribution in [0.5, 0.6) is 0 Å². The number of carbonyl (C=O) groups is 1. The zero-order valence-corrected chi connectivity index (χ0v) is 15.4. The van der Waals surface area contributed by atoms with Crippen molar-refractivity contribution in [1.82, 2.24) is 15.3 Å². The Balaban J connectivity index is 1.51. The van der Waals surface area contributed by atoms with E-state index in [1.54, 1.807) is 6.07 Å². The first kappa shape index (κ1) is 17.2. The summed E-state index contributed by atoms with van der Waals surface area (Å²) in [6.45, 7) is 4.00. The normalized spacial score (nSPS) is 13.1. The van der Waals surface area contributed by atoms with Crippen LogP contribution in [0, 0.1) is 6.92 Å². The van der Waals surface area contributed by atoms with Gasteiger partial charge in [-0.15, -0.1) is 0 Å². The van der Waals surface area contributed by atoms with E-state index >= 15 is 0 Å². The molecular formula is C22H22N4O. The highest BCUT2D eigenvalue weighted by atomic mass is 16.1. The van der Waals surface area contributed by atoms with Crippen LogP contribution in [0.15, 0.2) is 60.7 Å². The third-order valence-electron chi connectivity index (χ3n) is 4.78. The number of hydrogen-bond acceptors (Lipinski definition) is 4. The van der Waals surface area contributed by atoms with E-state index in [0.29, 0.717) is 18.2 Å². The molecule has 1 N–H and O–H groups in total. The number of nitrogens with one attached hydrogen (secondary N) is 1. The number of aryl methyl sites for hydroxylation is 1. The SMILES string of the molecule is Cc1cc(C(=O)NCc2ccccc2)nc(N2CCc3ccccc3C2)n1. The Kier molecular flexibility index (Phi) is 4.83. The lowest BCUT2D eigenvalue weighted by molar-refractivity contribution is 0.0945. The number of hydrogen-bond donors (Lipinski definition) is 1. The van der Waals surface area contributed by atoms with Gasteiger partial charge in [0.2, 0.25) is 5.95 Å². The molecule has 1 aliphatic rings. The molecule has 4 rings (SSSR count). The van der Waals surface area contributed by atoms with Gasteiger partial charge in [-0.05, 0) is 36.1 Å². The fraction of sp³-hybridized carbons (Fsp3) is 0.227. The Morgan fingerprint density at radius 3 is 2.59 bits per heavy atom. The quantitative estimate of drug-likeness (QED) is 0.778. The second-order valence-corrected chi connectivity index (χ2v) is 6.80. The first-order valence-electron chi connectivity index (χ1n) is 9.18. The molecule has 136 valence electrons. The van der Waals surface area contributed by atoms with Crippen LogP contribution in [0.1, 0.15) is 32.9 Å². The summed E-state index contributed by atoms with van der Waals surface area (Å²) in [7, 11) is 0. The number of carbonyl (C=O) groups excluding carboxylic acids is 1. The molecule has 1 aromatic heterocycles. The third kappa shape index (κ3) is 3.97. The second-order valence-electron chi connectivity index (χ2n) is 6.80. The first-order valence-corrected chi connectivity index (χ1v) is 9.18. The zero-order valence-electron chi connectivity index (χ0n) is 15.4. The van der Waals surface area contributed by atoms with E-state index in [-0.39, 0.29) is 5.91 Å². The summed E-state index contributed by atoms with van der Waals surface area (Å²) in [6, 6.07) is 20.0. The predicted molar refractivity (Wildman–Crippen MR) is 106 cm³/mol. The smallest absolute Gasteiger partial charge is 0.270 e. The summed E-state index contributed by atoms with van der Waals surface area (Å²) >= 11 is 0. The Labute approximate surface area is 159 Å². The maximum absolute atomic E-state index is 12.6. The van der Waals surface area contributed by atoms with Crippen molar-refractivity contribution in [2.24, 2.45) is 0 Å². The molecule has 5 heteroatoms. The van der Waals surface area contributed by atoms with Crippen LogP contribution in [-0.4, -0.2) is 22.4 Å². The largest absolute Gasteiger partial charge is 0.347 e. The van der Waals surface area contributed by atoms with Crippen molar-refractivity contribution in [3.05, 3.63) is 88.7 Å². The lowest BCUT2D eigenvalue weighted by Gasteiger charge is -2.29. The molecule has 2 heterocycles. The van der Waals surface area contributed by atoms with Crippen LogP contribution in [0.3, 0.4) is 0 Å². The van der Waals surface area contributed by atoms with Crippen LogP contribution in [0.4, 0.5) is 5.95 Å². The van der Waals surface area contributed by atoms with Gasteiger partial charge < -0.3 is 10.2 Å². The van der Waals surface area contributed by atoms with Crippen molar-refractivity contribution in [2.75, 3.05) is 11.4 Å². The van der Waals surface area contributed by atoms with Crippen molar-refractivity contribution in [2.45, 2.75) is 26.4 Å². The van der Waals surface area contributed by atoms with E-state index in [1.807, 2.05) is 37.3 Å². The zero-order chi connectivity index (χ0) is 18.6. The van der Waals surface area contributed by atoms with E-state index in [4.69, 9.17) is 0 Å². The van der Waals surface area contributed by atoms with E-state index < -0.39 is 0 Å². The average Bonchev–Trinajstić information content (AvgIpc) is 2.72. The van der Waals surface area contributed by atoms with Gasteiger partial charge in [0.25, 0.3) is 5.91 Å². The second kappa shape index (κ2) is 7.58. The van der Waals surface area contributed by atoms with Crippen LogP contribution >= 0.6 is 0 Å². The topological polar surface area (TPSA) is 58.1 Å². The molecule has 0 unspecified atom stereocenters. The minimum absolute atomic E-state index is 0.178. The lowest BCUT2D eigenvalue weighted by Crippen LogP contribution is -2.33. The molecule has 5 nitrogen and oxygen atoms in total. The van der Waals surface area contributed by atoms with Crippen LogP contribution in [-0.2, 0) is 19.5 Å². The molecule has 0 aliphatic carbocycles. The molecule has 27 heavy (non-hydrogen) atoms. The number of fused-ring (bicyclic) bond motifs is 1. The number of aromatic nitrogens is 2. The predicted octanol–water partition coefficient (Wildman–Crippen LogP) is 3.28. The monoisotopic (exact) mass is 358 g/mol. The van der Waals surface area contributed by atoms with E-state index in [0.717, 1.165) is 30.8 Å². The number of benzene rings is 2. The molecule has 0 saturated carbocycles. The maximum Gasteiger partial charge on any atom is 0.270 e. The number of amides is 1. The molecule has 0 fully saturated rings. The molecule has 1 aliphatic heterocycles. The average molecular weight is 358 g/mol. The van der Waals surface area contributed by atoms with Gasteiger partial charge in [-0.2, -0.15) is 0 Å². The van der Waals surface area contributed by atoms with Gasteiger partial charge in [-0.3, -0.25) is 4.79 Å². The van der Waals surface area contributed by atoms with Crippen LogP contribution < -0.4 is 10.2 Å². The highest BCUT2D eigenvalue weighted by Crippen LogP contribution is 2.22. The minimum Gasteiger partial charge on any atom is -0.347 e. The Bertz CT molecular complexity index is 956. The van der Waals surface area contributed by atoms with Crippen molar-refractivity contribution in [1.29, 1.82) is 0 Å². The highest BCUT2D eigenvalue weighted by molar-refractivity contribution is 5.92. The standard InChI is InChI=1S/C22H22N4O/c1-16-13-20(21(27)23-14-17-7-3-2-4-8-17)25-22(24-16)26-12-11-18-9-5-6-10-19(18)15-26/h2-10,13H,11-12,14-15H2,1H3,(H,23,27). The van der Waals surface area contributed by atoms with Crippen molar-refractivity contribution in [3.8, 4) is 0 Å². The minimum atomic E-state index is -0.178. The van der Waals surface area contributed by atoms with E-state index in [9.17, 15) is 4.79 Å². The summed E-state index contributed by atoms with van der Waals surface area (Å²) < 4.78 is 0. The lowest BCUT2D eigenvalue weighted by atomic mass is 10.0. The van der Waals surface area contributed by atoms with Crippen molar-refractivity contribution in [3.63, 3.8) is 0 Å². The fourth-order valence-electron chi connectivity index (χ4n) is 3.35. The molecule has 0 radical (unpaired) electrons. The van der Waals surface area contributed by atoms with Gasteiger partial charge in [-0.25, -0.2) is 9.97 Å². The number of nitrogens with zero attached hydrogens (tertiary/aromatic N) is 3. The Hall–Kier alpha value is -3.21. The van der Waals surface area contributed by atoms with Crippen LogP contribution in [0.2, 0.25) is 0 Å². The molecule has 0 saturated heterocycles. The molecular weight excluding hydrogens is 336 g/mol. The summed E-state index contributed by atoms with van der Waals surface area (Å²) in [5.41, 5.74) is 4.94. The Morgan fingerprint density at radius 2 is 1.78 bits per heavy atom. The molecule has 0 atom stereocenters. The van der Waals surface area contributed by atoms with Gasteiger partial charge in [-0.1, -0.05) is 54.6 Å². The third-order valence-corrected chi connectivity index (χ3v) is 4.78. The number of anilines is 1. The Morgan fingerprint density at radius 1 is 1.04 bits per heavy atom. The van der Waals surface area contributed by atoms with Gasteiger partial charge >= 0.3 is 0 Å². The van der Waals surface area contributed by atoms with E-state index in [1.165, 1.54) is 11.1 Å². The van der Waals surface area contributed by atoms with Crippen LogP contribution in [0.25, 0.3) is 0 Å². The van der Waals surface area contributed by atoms with Gasteiger partial charge in [0, 0.05) is 25.3 Å². The number of rotatable bonds is 4. The van der Waals surface area contributed by atoms with Gasteiger partial charge in [0.05, 0.1) is 0 Å². The van der Waals surface area contributed by atoms with Gasteiger partial charge in [0.1, 0.15) is 5.69 Å². The fourth-order valence-corrected chi connectivity index (χ4v) is 3.35. The maximum atomic E-state index is 12.6. The summed E-state index contributed by atoms with van der Waals surface area (Å²) in [5, 5.41) is 2.94. The molecule has 2 aromatic carbocycles. The summed E-state index contributed by atoms with van der Waals surface area (Å²) in [6.07, 6.45) is 0.961. The molecule has 0 spiro atoms. The van der Waals surface area contributed by atoms with Gasteiger partial charge in [0.15, 0.2) is 0 Å². The molecule has 3 aromatic rings. The first-order chi connectivity index (χ1) is 13.2. The summed E-state index contributed by atoms with van der Waals surface area (Å²) in [4.78, 5) is 23.8. The van der Waals surface area contributed by atoms with E-state index in [2.05, 4.69) is 44.5 Å².